The van der Waals surface area contributed by atoms with Crippen molar-refractivity contribution >= 4 is 17.4 Å². The highest BCUT2D eigenvalue weighted by Crippen LogP contribution is 2.29. The number of hydrogen-bond acceptors (Lipinski definition) is 7. The maximum atomic E-state index is 12.7. The Kier molecular flexibility index (Phi) is 9.96. The third-order valence-electron chi connectivity index (χ3n) is 6.82. The largest absolute Gasteiger partial charge is 0.481 e. The minimum Gasteiger partial charge on any atom is -0.481 e. The molecule has 2 aliphatic heterocycles. The van der Waals surface area contributed by atoms with Crippen LogP contribution in [-0.2, 0) is 11.0 Å². The van der Waals surface area contributed by atoms with Crippen LogP contribution in [-0.4, -0.2) is 84.6 Å². The van der Waals surface area contributed by atoms with E-state index in [0.29, 0.717) is 31.2 Å². The van der Waals surface area contributed by atoms with Gasteiger partial charge in [-0.25, -0.2) is 9.97 Å². The molecular weight excluding hydrogens is 485 g/mol. The number of nitrogens with one attached hydrogen (secondary N) is 1. The SMILES string of the molecule is C.COc1ccc(N2CCN(CCCC(=O)N3CCC(Nc4ccc(C(F)(F)F)cn4)CC3)CC2)cn1. The van der Waals surface area contributed by atoms with Crippen molar-refractivity contribution in [3.05, 3.63) is 42.2 Å². The molecule has 1 amide bonds. The number of pyridine rings is 2. The molecule has 0 aliphatic carbocycles. The second kappa shape index (κ2) is 12.9. The Balaban J connectivity index is 0.00000380. The summed E-state index contributed by atoms with van der Waals surface area (Å²) in [4.78, 5) is 27.4. The van der Waals surface area contributed by atoms with Gasteiger partial charge in [0.1, 0.15) is 5.82 Å². The molecule has 0 bridgehead atoms. The van der Waals surface area contributed by atoms with E-state index in [2.05, 4.69) is 25.1 Å². The zero-order valence-electron chi connectivity index (χ0n) is 20.5. The normalized spacial score (nSPS) is 17.3. The van der Waals surface area contributed by atoms with E-state index < -0.39 is 11.7 Å². The van der Waals surface area contributed by atoms with Gasteiger partial charge in [-0.2, -0.15) is 13.2 Å². The lowest BCUT2D eigenvalue weighted by Gasteiger charge is -2.36. The molecule has 4 heterocycles. The first-order valence-corrected chi connectivity index (χ1v) is 12.4. The van der Waals surface area contributed by atoms with E-state index in [1.165, 1.54) is 6.07 Å². The van der Waals surface area contributed by atoms with Crippen molar-refractivity contribution in [1.82, 2.24) is 19.8 Å². The van der Waals surface area contributed by atoms with Crippen LogP contribution >= 0.6 is 0 Å². The number of rotatable bonds is 8. The molecule has 204 valence electrons. The molecule has 2 saturated heterocycles. The number of piperidine rings is 1. The third-order valence-corrected chi connectivity index (χ3v) is 6.82. The van der Waals surface area contributed by atoms with Gasteiger partial charge in [-0.3, -0.25) is 9.69 Å². The van der Waals surface area contributed by atoms with Gasteiger partial charge in [-0.05, 0) is 44.0 Å². The Labute approximate surface area is 216 Å². The number of aromatic nitrogens is 2. The zero-order valence-corrected chi connectivity index (χ0v) is 20.5. The maximum absolute atomic E-state index is 12.7. The Morgan fingerprint density at radius 1 is 1.03 bits per heavy atom. The van der Waals surface area contributed by atoms with Crippen molar-refractivity contribution in [3.8, 4) is 5.88 Å². The van der Waals surface area contributed by atoms with Crippen molar-refractivity contribution in [2.24, 2.45) is 0 Å². The second-order valence-corrected chi connectivity index (χ2v) is 9.22. The van der Waals surface area contributed by atoms with Crippen LogP contribution in [0.4, 0.5) is 24.7 Å². The highest BCUT2D eigenvalue weighted by molar-refractivity contribution is 5.76. The highest BCUT2D eigenvalue weighted by atomic mass is 19.4. The van der Waals surface area contributed by atoms with Gasteiger partial charge in [0.2, 0.25) is 11.8 Å². The number of amides is 1. The standard InChI is InChI=1S/C25H33F3N6O2.CH4/c1-36-23-7-5-21(18-30-23)33-15-13-32(14-16-33)10-2-3-24(35)34-11-8-20(9-12-34)31-22-6-4-19(17-29-22)25(26,27)28;/h4-7,17-18,20H,2-3,8-16H2,1H3,(H,29,31);1H4. The monoisotopic (exact) mass is 522 g/mol. The summed E-state index contributed by atoms with van der Waals surface area (Å²) in [5.74, 6) is 1.21. The van der Waals surface area contributed by atoms with E-state index in [0.717, 1.165) is 69.9 Å². The summed E-state index contributed by atoms with van der Waals surface area (Å²) in [6.07, 6.45) is 1.15. The molecule has 0 aromatic carbocycles. The quantitative estimate of drug-likeness (QED) is 0.559. The molecule has 4 rings (SSSR count). The number of methoxy groups -OCH3 is 1. The predicted octanol–water partition coefficient (Wildman–Crippen LogP) is 4.15. The summed E-state index contributed by atoms with van der Waals surface area (Å²) < 4.78 is 43.2. The highest BCUT2D eigenvalue weighted by Gasteiger charge is 2.31. The van der Waals surface area contributed by atoms with Crippen LogP contribution < -0.4 is 15.0 Å². The molecule has 8 nitrogen and oxygen atoms in total. The molecule has 2 fully saturated rings. The summed E-state index contributed by atoms with van der Waals surface area (Å²) in [5.41, 5.74) is 0.336. The molecule has 0 unspecified atom stereocenters. The average molecular weight is 523 g/mol. The van der Waals surface area contributed by atoms with Crippen molar-refractivity contribution in [2.45, 2.75) is 45.3 Å². The first-order chi connectivity index (χ1) is 17.3. The van der Waals surface area contributed by atoms with Gasteiger partial charge >= 0.3 is 6.18 Å². The molecule has 1 N–H and O–H groups in total. The Morgan fingerprint density at radius 3 is 2.32 bits per heavy atom. The van der Waals surface area contributed by atoms with Gasteiger partial charge in [0.25, 0.3) is 0 Å². The number of anilines is 2. The van der Waals surface area contributed by atoms with Gasteiger partial charge in [-0.15, -0.1) is 0 Å². The lowest BCUT2D eigenvalue weighted by Crippen LogP contribution is -2.47. The second-order valence-electron chi connectivity index (χ2n) is 9.22. The first-order valence-electron chi connectivity index (χ1n) is 12.4. The Morgan fingerprint density at radius 2 is 1.76 bits per heavy atom. The fraction of sp³-hybridized carbons (Fsp3) is 0.577. The Hall–Kier alpha value is -3.08. The van der Waals surface area contributed by atoms with Gasteiger partial charge in [0, 0.05) is 64.0 Å². The zero-order chi connectivity index (χ0) is 25.5. The van der Waals surface area contributed by atoms with Crippen LogP contribution in [0.3, 0.4) is 0 Å². The van der Waals surface area contributed by atoms with Crippen molar-refractivity contribution < 1.29 is 22.7 Å². The molecule has 37 heavy (non-hydrogen) atoms. The summed E-state index contributed by atoms with van der Waals surface area (Å²) in [5, 5.41) is 3.19. The number of nitrogens with zero attached hydrogens (tertiary/aromatic N) is 5. The van der Waals surface area contributed by atoms with Crippen molar-refractivity contribution in [2.75, 3.05) is 63.1 Å². The summed E-state index contributed by atoms with van der Waals surface area (Å²) in [6.45, 7) is 5.95. The molecule has 0 radical (unpaired) electrons. The van der Waals surface area contributed by atoms with Crippen LogP contribution in [0.1, 0.15) is 38.7 Å². The number of carbonyl (C=O) groups excluding carboxylic acids is 1. The molecule has 0 atom stereocenters. The maximum Gasteiger partial charge on any atom is 0.417 e. The lowest BCUT2D eigenvalue weighted by atomic mass is 10.0. The molecule has 2 aromatic rings. The average Bonchev–Trinajstić information content (AvgIpc) is 2.89. The van der Waals surface area contributed by atoms with Crippen LogP contribution in [0.5, 0.6) is 5.88 Å². The van der Waals surface area contributed by atoms with Gasteiger partial charge in [0.05, 0.1) is 24.6 Å². The van der Waals surface area contributed by atoms with Crippen LogP contribution in [0, 0.1) is 0 Å². The summed E-state index contributed by atoms with van der Waals surface area (Å²) >= 11 is 0. The van der Waals surface area contributed by atoms with E-state index in [1.54, 1.807) is 7.11 Å². The fourth-order valence-corrected chi connectivity index (χ4v) is 4.65. The van der Waals surface area contributed by atoms with E-state index in [1.807, 2.05) is 23.2 Å². The topological polar surface area (TPSA) is 73.8 Å². The summed E-state index contributed by atoms with van der Waals surface area (Å²) in [6, 6.07) is 6.38. The van der Waals surface area contributed by atoms with Crippen LogP contribution in [0.15, 0.2) is 36.7 Å². The van der Waals surface area contributed by atoms with Gasteiger partial charge in [0.15, 0.2) is 0 Å². The molecule has 0 spiro atoms. The minimum atomic E-state index is -4.39. The minimum absolute atomic E-state index is 0. The van der Waals surface area contributed by atoms with E-state index in [4.69, 9.17) is 4.74 Å². The van der Waals surface area contributed by atoms with Crippen molar-refractivity contribution in [3.63, 3.8) is 0 Å². The smallest absolute Gasteiger partial charge is 0.417 e. The predicted molar refractivity (Wildman–Crippen MR) is 138 cm³/mol. The molecule has 2 aromatic heterocycles. The number of hydrogen-bond donors (Lipinski definition) is 1. The number of halogens is 3. The first kappa shape index (κ1) is 28.5. The van der Waals surface area contributed by atoms with E-state index >= 15 is 0 Å². The van der Waals surface area contributed by atoms with Crippen LogP contribution in [0.25, 0.3) is 0 Å². The number of alkyl halides is 3. The number of piperazine rings is 1. The van der Waals surface area contributed by atoms with Gasteiger partial charge < -0.3 is 19.9 Å². The molecule has 11 heteroatoms. The number of likely N-dealkylation sites (tertiary alicyclic amines) is 1. The van der Waals surface area contributed by atoms with Gasteiger partial charge in [-0.1, -0.05) is 7.43 Å². The molecule has 2 aliphatic rings. The Bertz CT molecular complexity index is 971. The van der Waals surface area contributed by atoms with E-state index in [-0.39, 0.29) is 19.4 Å². The van der Waals surface area contributed by atoms with Crippen LogP contribution in [0.2, 0.25) is 0 Å². The number of carbonyl (C=O) groups is 1. The van der Waals surface area contributed by atoms with E-state index in [9.17, 15) is 18.0 Å². The molecular formula is C26H37F3N6O2. The third kappa shape index (κ3) is 7.95. The lowest BCUT2D eigenvalue weighted by molar-refractivity contribution is -0.137. The summed E-state index contributed by atoms with van der Waals surface area (Å²) in [7, 11) is 1.61. The molecule has 0 saturated carbocycles. The number of ether oxygens (including phenoxy) is 1. The fourth-order valence-electron chi connectivity index (χ4n) is 4.65. The van der Waals surface area contributed by atoms with Crippen molar-refractivity contribution in [1.29, 1.82) is 0 Å².